The Hall–Kier alpha value is -1.73. The zero-order chi connectivity index (χ0) is 17.5. The van der Waals surface area contributed by atoms with Crippen LogP contribution in [0.15, 0.2) is 24.3 Å². The highest BCUT2D eigenvalue weighted by Crippen LogP contribution is 2.47. The molecule has 8 heteroatoms. The van der Waals surface area contributed by atoms with E-state index < -0.39 is 35.2 Å². The van der Waals surface area contributed by atoms with Crippen LogP contribution in [0.1, 0.15) is 42.7 Å². The van der Waals surface area contributed by atoms with Crippen LogP contribution in [-0.2, 0) is 10.2 Å². The maximum absolute atomic E-state index is 12.7. The van der Waals surface area contributed by atoms with Crippen molar-refractivity contribution in [3.05, 3.63) is 35.4 Å². The van der Waals surface area contributed by atoms with E-state index in [1.165, 1.54) is 0 Å². The molecule has 2 nitrogen and oxygen atoms in total. The molecule has 1 aromatic carbocycles. The molecule has 0 heterocycles. The number of aliphatic carboxylic acids is 1. The minimum atomic E-state index is -5.46. The van der Waals surface area contributed by atoms with Crippen LogP contribution in [-0.4, -0.2) is 23.4 Å². The van der Waals surface area contributed by atoms with Crippen LogP contribution in [0.3, 0.4) is 0 Å². The normalized spacial score (nSPS) is 18.4. The van der Waals surface area contributed by atoms with E-state index in [1.54, 1.807) is 0 Å². The van der Waals surface area contributed by atoms with Gasteiger partial charge in [0.2, 0.25) is 0 Å². The molecule has 0 radical (unpaired) electrons. The third kappa shape index (κ3) is 3.30. The summed E-state index contributed by atoms with van der Waals surface area (Å²) in [7, 11) is 0. The quantitative estimate of drug-likeness (QED) is 0.803. The summed E-state index contributed by atoms with van der Waals surface area (Å²) >= 11 is 0. The van der Waals surface area contributed by atoms with Crippen LogP contribution in [0.2, 0.25) is 0 Å². The molecular weight excluding hydrogens is 326 g/mol. The van der Waals surface area contributed by atoms with Crippen molar-refractivity contribution in [1.29, 1.82) is 0 Å². The summed E-state index contributed by atoms with van der Waals surface area (Å²) < 4.78 is 76.2. The highest BCUT2D eigenvalue weighted by atomic mass is 19.4. The van der Waals surface area contributed by atoms with Crippen LogP contribution >= 0.6 is 0 Å². The van der Waals surface area contributed by atoms with Gasteiger partial charge in [-0.2, -0.15) is 26.3 Å². The van der Waals surface area contributed by atoms with Crippen molar-refractivity contribution in [2.75, 3.05) is 0 Å². The lowest BCUT2D eigenvalue weighted by Crippen LogP contribution is -2.35. The Kier molecular flexibility index (Phi) is 4.38. The second-order valence-electron chi connectivity index (χ2n) is 5.73. The number of hydrogen-bond donors (Lipinski definition) is 1. The van der Waals surface area contributed by atoms with Gasteiger partial charge in [0.25, 0.3) is 0 Å². The summed E-state index contributed by atoms with van der Waals surface area (Å²) in [5.41, 5.74) is -1.91. The Morgan fingerprint density at radius 3 is 1.74 bits per heavy atom. The van der Waals surface area contributed by atoms with Crippen LogP contribution in [0.4, 0.5) is 26.3 Å². The SMILES string of the molecule is O=C(O)C1(c2ccc(C(C(F)(F)F)C(F)(F)F)cc2)CCCC1. The average molecular weight is 340 g/mol. The van der Waals surface area contributed by atoms with E-state index in [1.807, 2.05) is 0 Å². The third-order valence-electron chi connectivity index (χ3n) is 4.32. The molecule has 0 aliphatic heterocycles. The zero-order valence-electron chi connectivity index (χ0n) is 11.8. The molecule has 0 atom stereocenters. The lowest BCUT2D eigenvalue weighted by Gasteiger charge is -2.26. The molecule has 0 amide bonds. The van der Waals surface area contributed by atoms with Crippen LogP contribution in [0, 0.1) is 0 Å². The van der Waals surface area contributed by atoms with Crippen LogP contribution < -0.4 is 0 Å². The molecule has 1 aliphatic carbocycles. The Morgan fingerprint density at radius 1 is 0.957 bits per heavy atom. The molecule has 128 valence electrons. The number of halogens is 6. The Labute approximate surface area is 128 Å². The molecule has 23 heavy (non-hydrogen) atoms. The highest BCUT2D eigenvalue weighted by Gasteiger charge is 2.57. The Morgan fingerprint density at radius 2 is 1.39 bits per heavy atom. The molecule has 0 aromatic heterocycles. The van der Waals surface area contributed by atoms with Gasteiger partial charge in [-0.05, 0) is 24.0 Å². The van der Waals surface area contributed by atoms with Crippen molar-refractivity contribution in [1.82, 2.24) is 0 Å². The fraction of sp³-hybridized carbons (Fsp3) is 0.533. The molecule has 1 fully saturated rings. The van der Waals surface area contributed by atoms with Crippen LogP contribution in [0.5, 0.6) is 0 Å². The van der Waals surface area contributed by atoms with Crippen molar-refractivity contribution in [3.63, 3.8) is 0 Å². The second-order valence-corrected chi connectivity index (χ2v) is 5.73. The minimum Gasteiger partial charge on any atom is -0.481 e. The van der Waals surface area contributed by atoms with Gasteiger partial charge in [0.15, 0.2) is 5.92 Å². The number of alkyl halides is 6. The fourth-order valence-corrected chi connectivity index (χ4v) is 3.16. The van der Waals surface area contributed by atoms with Crippen molar-refractivity contribution >= 4 is 5.97 Å². The predicted molar refractivity (Wildman–Crippen MR) is 69.1 cm³/mol. The van der Waals surface area contributed by atoms with Gasteiger partial charge in [0, 0.05) is 0 Å². The smallest absolute Gasteiger partial charge is 0.404 e. The summed E-state index contributed by atoms with van der Waals surface area (Å²) in [5.74, 6) is -4.68. The number of carbonyl (C=O) groups is 1. The van der Waals surface area contributed by atoms with Gasteiger partial charge in [0.1, 0.15) is 0 Å². The third-order valence-corrected chi connectivity index (χ3v) is 4.32. The summed E-state index contributed by atoms with van der Waals surface area (Å²) in [6.45, 7) is 0. The molecule has 0 saturated heterocycles. The first kappa shape index (κ1) is 17.6. The Balaban J connectivity index is 2.40. The molecule has 1 N–H and O–H groups in total. The van der Waals surface area contributed by atoms with E-state index >= 15 is 0 Å². The summed E-state index contributed by atoms with van der Waals surface area (Å²) in [6.07, 6.45) is -8.97. The van der Waals surface area contributed by atoms with Gasteiger partial charge in [-0.25, -0.2) is 0 Å². The van der Waals surface area contributed by atoms with E-state index in [2.05, 4.69) is 0 Å². The summed E-state index contributed by atoms with van der Waals surface area (Å²) in [6, 6.07) is 3.59. The molecule has 1 aromatic rings. The largest absolute Gasteiger partial charge is 0.481 e. The maximum Gasteiger partial charge on any atom is 0.404 e. The fourth-order valence-electron chi connectivity index (χ4n) is 3.16. The van der Waals surface area contributed by atoms with Crippen molar-refractivity contribution < 1.29 is 36.2 Å². The molecule has 0 bridgehead atoms. The number of carboxylic acid groups (broad SMARTS) is 1. The summed E-state index contributed by atoms with van der Waals surface area (Å²) in [5, 5.41) is 9.39. The van der Waals surface area contributed by atoms with Gasteiger partial charge >= 0.3 is 18.3 Å². The van der Waals surface area contributed by atoms with Gasteiger partial charge < -0.3 is 5.11 Å². The van der Waals surface area contributed by atoms with Crippen molar-refractivity contribution in [3.8, 4) is 0 Å². The van der Waals surface area contributed by atoms with Crippen LogP contribution in [0.25, 0.3) is 0 Å². The standard InChI is InChI=1S/C15H14F6O2/c16-14(17,18)11(15(19,20)21)9-3-5-10(6-4-9)13(12(22)23)7-1-2-8-13/h3-6,11H,1-2,7-8H2,(H,22,23). The van der Waals surface area contributed by atoms with E-state index in [9.17, 15) is 36.2 Å². The van der Waals surface area contributed by atoms with E-state index in [0.717, 1.165) is 24.3 Å². The van der Waals surface area contributed by atoms with E-state index in [4.69, 9.17) is 0 Å². The molecule has 2 rings (SSSR count). The molecular formula is C15H14F6O2. The van der Waals surface area contributed by atoms with Gasteiger partial charge in [-0.1, -0.05) is 37.1 Å². The number of benzene rings is 1. The van der Waals surface area contributed by atoms with E-state index in [-0.39, 0.29) is 5.56 Å². The number of carboxylic acids is 1. The number of hydrogen-bond acceptors (Lipinski definition) is 1. The van der Waals surface area contributed by atoms with Crippen molar-refractivity contribution in [2.45, 2.75) is 49.4 Å². The first-order valence-corrected chi connectivity index (χ1v) is 6.96. The van der Waals surface area contributed by atoms with Gasteiger partial charge in [-0.15, -0.1) is 0 Å². The highest BCUT2D eigenvalue weighted by molar-refractivity contribution is 5.81. The predicted octanol–water partition coefficient (Wildman–Crippen LogP) is 4.79. The monoisotopic (exact) mass is 340 g/mol. The molecule has 0 unspecified atom stereocenters. The zero-order valence-corrected chi connectivity index (χ0v) is 11.8. The van der Waals surface area contributed by atoms with Gasteiger partial charge in [0.05, 0.1) is 5.41 Å². The van der Waals surface area contributed by atoms with E-state index in [0.29, 0.717) is 25.7 Å². The number of rotatable bonds is 3. The first-order chi connectivity index (χ1) is 10.5. The Bertz CT molecular complexity index is 553. The lowest BCUT2D eigenvalue weighted by atomic mass is 9.78. The first-order valence-electron chi connectivity index (χ1n) is 6.96. The lowest BCUT2D eigenvalue weighted by molar-refractivity contribution is -0.253. The molecule has 1 aliphatic rings. The van der Waals surface area contributed by atoms with Gasteiger partial charge in [-0.3, -0.25) is 4.79 Å². The average Bonchev–Trinajstić information content (AvgIpc) is 2.86. The summed E-state index contributed by atoms with van der Waals surface area (Å²) in [4.78, 5) is 11.5. The van der Waals surface area contributed by atoms with Crippen molar-refractivity contribution in [2.24, 2.45) is 0 Å². The second kappa shape index (κ2) is 5.72. The minimum absolute atomic E-state index is 0.245. The topological polar surface area (TPSA) is 37.3 Å². The molecule has 1 saturated carbocycles. The maximum atomic E-state index is 12.7. The molecule has 0 spiro atoms.